The van der Waals surface area contributed by atoms with Crippen LogP contribution in [-0.4, -0.2) is 35.8 Å². The summed E-state index contributed by atoms with van der Waals surface area (Å²) in [4.78, 5) is 27.2. The van der Waals surface area contributed by atoms with Gasteiger partial charge < -0.3 is 16.0 Å². The second-order valence-corrected chi connectivity index (χ2v) is 7.13. The number of carbonyl (C=O) groups is 2. The van der Waals surface area contributed by atoms with Crippen LogP contribution < -0.4 is 11.1 Å². The van der Waals surface area contributed by atoms with E-state index in [-0.39, 0.29) is 30.3 Å². The van der Waals surface area contributed by atoms with Crippen LogP contribution in [0, 0.1) is 0 Å². The lowest BCUT2D eigenvalue weighted by molar-refractivity contribution is 0.0708. The maximum atomic E-state index is 12.6. The molecule has 0 spiro atoms. The minimum atomic E-state index is -0.239. The Hall–Kier alpha value is -1.60. The molecule has 1 fully saturated rings. The van der Waals surface area contributed by atoms with Crippen LogP contribution in [0.25, 0.3) is 0 Å². The summed E-state index contributed by atoms with van der Waals surface area (Å²) in [5.74, 6) is -0.329. The third-order valence-electron chi connectivity index (χ3n) is 3.95. The summed E-state index contributed by atoms with van der Waals surface area (Å²) in [5.41, 5.74) is 6.87. The average molecular weight is 400 g/mol. The van der Waals surface area contributed by atoms with E-state index in [0.717, 1.165) is 12.8 Å². The third-order valence-corrected chi connectivity index (χ3v) is 5.15. The molecular formula is C17H19Cl2N3O2S. The number of likely N-dealkylation sites (tertiary alicyclic amines) is 1. The molecule has 0 aliphatic carbocycles. The zero-order valence-corrected chi connectivity index (χ0v) is 15.8. The number of piperidine rings is 1. The summed E-state index contributed by atoms with van der Waals surface area (Å²) in [5, 5.41) is 4.99. The molecule has 0 saturated carbocycles. The number of thiophene rings is 1. The van der Waals surface area contributed by atoms with Crippen molar-refractivity contribution in [2.24, 2.45) is 5.73 Å². The molecule has 3 N–H and O–H groups in total. The standard InChI is InChI=1S/C17H18ClN3O2S.ClH/c18-13-6-5-11(17(23)21-7-1-3-12(19)10-21)9-14(13)20-16(22)15-4-2-8-24-15;/h2,4-6,8-9,12H,1,3,7,10,19H2,(H,20,22);1H. The highest BCUT2D eigenvalue weighted by atomic mass is 35.5. The van der Waals surface area contributed by atoms with Gasteiger partial charge in [-0.05, 0) is 42.5 Å². The topological polar surface area (TPSA) is 75.4 Å². The average Bonchev–Trinajstić information content (AvgIpc) is 3.11. The van der Waals surface area contributed by atoms with Crippen molar-refractivity contribution < 1.29 is 9.59 Å². The Morgan fingerprint density at radius 3 is 2.80 bits per heavy atom. The van der Waals surface area contributed by atoms with Crippen molar-refractivity contribution in [3.63, 3.8) is 0 Å². The molecule has 1 unspecified atom stereocenters. The van der Waals surface area contributed by atoms with Crippen molar-refractivity contribution in [2.75, 3.05) is 18.4 Å². The molecule has 0 bridgehead atoms. The van der Waals surface area contributed by atoms with Crippen molar-refractivity contribution in [3.8, 4) is 0 Å². The summed E-state index contributed by atoms with van der Waals surface area (Å²) in [6.45, 7) is 1.25. The number of rotatable bonds is 3. The zero-order valence-electron chi connectivity index (χ0n) is 13.4. The Kier molecular flexibility index (Phi) is 6.84. The van der Waals surface area contributed by atoms with Gasteiger partial charge in [0.25, 0.3) is 11.8 Å². The number of hydrogen-bond donors (Lipinski definition) is 2. The molecule has 2 aromatic rings. The van der Waals surface area contributed by atoms with Gasteiger partial charge >= 0.3 is 0 Å². The molecule has 0 radical (unpaired) electrons. The van der Waals surface area contributed by atoms with E-state index in [2.05, 4.69) is 5.32 Å². The molecule has 1 atom stereocenters. The predicted molar refractivity (Wildman–Crippen MR) is 104 cm³/mol. The van der Waals surface area contributed by atoms with Gasteiger partial charge in [0.15, 0.2) is 0 Å². The SMILES string of the molecule is Cl.NC1CCCN(C(=O)c2ccc(Cl)c(NC(=O)c3cccs3)c2)C1. The number of hydrogen-bond acceptors (Lipinski definition) is 4. The van der Waals surface area contributed by atoms with Crippen molar-refractivity contribution in [1.29, 1.82) is 0 Å². The molecule has 134 valence electrons. The molecule has 1 saturated heterocycles. The lowest BCUT2D eigenvalue weighted by atomic mass is 10.1. The number of nitrogens with one attached hydrogen (secondary N) is 1. The molecule has 2 heterocycles. The Balaban J connectivity index is 0.00000225. The molecule has 1 aromatic heterocycles. The number of carbonyl (C=O) groups excluding carboxylic acids is 2. The van der Waals surface area contributed by atoms with Gasteiger partial charge in [-0.25, -0.2) is 0 Å². The molecule has 25 heavy (non-hydrogen) atoms. The van der Waals surface area contributed by atoms with Crippen LogP contribution in [0.15, 0.2) is 35.7 Å². The summed E-state index contributed by atoms with van der Waals surface area (Å²) < 4.78 is 0. The summed E-state index contributed by atoms with van der Waals surface area (Å²) in [6, 6.07) is 8.48. The van der Waals surface area contributed by atoms with E-state index >= 15 is 0 Å². The quantitative estimate of drug-likeness (QED) is 0.826. The van der Waals surface area contributed by atoms with Crippen molar-refractivity contribution in [1.82, 2.24) is 4.90 Å². The summed E-state index contributed by atoms with van der Waals surface area (Å²) in [6.07, 6.45) is 1.84. The maximum Gasteiger partial charge on any atom is 0.265 e. The largest absolute Gasteiger partial charge is 0.337 e. The first-order valence-corrected chi connectivity index (χ1v) is 8.99. The monoisotopic (exact) mass is 399 g/mol. The molecule has 1 aliphatic heterocycles. The number of amides is 2. The van der Waals surface area contributed by atoms with Crippen LogP contribution in [0.2, 0.25) is 5.02 Å². The fraction of sp³-hybridized carbons (Fsp3) is 0.294. The number of nitrogens with zero attached hydrogens (tertiary/aromatic N) is 1. The van der Waals surface area contributed by atoms with Crippen LogP contribution in [0.5, 0.6) is 0 Å². The van der Waals surface area contributed by atoms with E-state index in [9.17, 15) is 9.59 Å². The van der Waals surface area contributed by atoms with Crippen molar-refractivity contribution >= 4 is 52.8 Å². The van der Waals surface area contributed by atoms with Crippen LogP contribution >= 0.6 is 35.3 Å². The van der Waals surface area contributed by atoms with Gasteiger partial charge in [-0.3, -0.25) is 9.59 Å². The minimum absolute atomic E-state index is 0. The second-order valence-electron chi connectivity index (χ2n) is 5.78. The summed E-state index contributed by atoms with van der Waals surface area (Å²) in [7, 11) is 0. The van der Waals surface area contributed by atoms with Gasteiger partial charge in [0.2, 0.25) is 0 Å². The van der Waals surface area contributed by atoms with Gasteiger partial charge in [0, 0.05) is 24.7 Å². The Labute approximate surface area is 161 Å². The smallest absolute Gasteiger partial charge is 0.265 e. The van der Waals surface area contributed by atoms with Crippen LogP contribution in [0.1, 0.15) is 32.9 Å². The van der Waals surface area contributed by atoms with E-state index in [1.807, 2.05) is 5.38 Å². The highest BCUT2D eigenvalue weighted by Crippen LogP contribution is 2.25. The lowest BCUT2D eigenvalue weighted by Crippen LogP contribution is -2.45. The number of benzene rings is 1. The van der Waals surface area contributed by atoms with Crippen molar-refractivity contribution in [2.45, 2.75) is 18.9 Å². The fourth-order valence-corrected chi connectivity index (χ4v) is 3.51. The Morgan fingerprint density at radius 1 is 1.32 bits per heavy atom. The van der Waals surface area contributed by atoms with E-state index in [4.69, 9.17) is 17.3 Å². The Morgan fingerprint density at radius 2 is 2.12 bits per heavy atom. The van der Waals surface area contributed by atoms with Gasteiger partial charge in [-0.2, -0.15) is 0 Å². The van der Waals surface area contributed by atoms with Gasteiger partial charge in [-0.15, -0.1) is 23.7 Å². The van der Waals surface area contributed by atoms with Gasteiger partial charge in [0.1, 0.15) is 0 Å². The molecule has 2 amide bonds. The first-order valence-electron chi connectivity index (χ1n) is 7.74. The Bertz CT molecular complexity index is 752. The minimum Gasteiger partial charge on any atom is -0.337 e. The molecule has 1 aliphatic rings. The number of anilines is 1. The zero-order chi connectivity index (χ0) is 17.1. The fourth-order valence-electron chi connectivity index (χ4n) is 2.72. The van der Waals surface area contributed by atoms with Crippen LogP contribution in [0.3, 0.4) is 0 Å². The van der Waals surface area contributed by atoms with E-state index < -0.39 is 0 Å². The predicted octanol–water partition coefficient (Wildman–Crippen LogP) is 3.64. The van der Waals surface area contributed by atoms with E-state index in [1.54, 1.807) is 35.2 Å². The van der Waals surface area contributed by atoms with Gasteiger partial charge in [-0.1, -0.05) is 17.7 Å². The molecule has 5 nitrogen and oxygen atoms in total. The van der Waals surface area contributed by atoms with Crippen LogP contribution in [0.4, 0.5) is 5.69 Å². The van der Waals surface area contributed by atoms with E-state index in [0.29, 0.717) is 34.2 Å². The third kappa shape index (κ3) is 4.73. The van der Waals surface area contributed by atoms with Crippen LogP contribution in [-0.2, 0) is 0 Å². The number of nitrogens with two attached hydrogens (primary N) is 1. The molecule has 8 heteroatoms. The van der Waals surface area contributed by atoms with E-state index in [1.165, 1.54) is 11.3 Å². The first kappa shape index (κ1) is 19.7. The highest BCUT2D eigenvalue weighted by Gasteiger charge is 2.23. The molecular weight excluding hydrogens is 381 g/mol. The van der Waals surface area contributed by atoms with Gasteiger partial charge in [0.05, 0.1) is 15.6 Å². The molecule has 1 aromatic carbocycles. The maximum absolute atomic E-state index is 12.6. The van der Waals surface area contributed by atoms with Crippen molar-refractivity contribution in [3.05, 3.63) is 51.2 Å². The highest BCUT2D eigenvalue weighted by molar-refractivity contribution is 7.12. The molecule has 3 rings (SSSR count). The lowest BCUT2D eigenvalue weighted by Gasteiger charge is -2.31. The summed E-state index contributed by atoms with van der Waals surface area (Å²) >= 11 is 7.50. The normalized spacial score (nSPS) is 16.9. The number of halogens is 2. The second kappa shape index (κ2) is 8.67. The first-order chi connectivity index (χ1) is 11.5.